The van der Waals surface area contributed by atoms with Crippen LogP contribution < -0.4 is 0 Å². The molecule has 1 atom stereocenters. The summed E-state index contributed by atoms with van der Waals surface area (Å²) in [7, 11) is -2.46. The summed E-state index contributed by atoms with van der Waals surface area (Å²) in [4.78, 5) is 0. The lowest BCUT2D eigenvalue weighted by Crippen LogP contribution is -2.35. The van der Waals surface area contributed by atoms with Crippen molar-refractivity contribution < 1.29 is 8.85 Å². The standard InChI is InChI=1S/C11H22OSi.C6H14OSi/c1-3-4-5-7-10-13(2)11-8-6-9-12-13;1-8(2)6-4-3-5-7-8/h7,10H,3-6,8-9,11H2,1-2H3;3-6H2,1-2H3/b10-7+;. The molecule has 4 heteroatoms. The number of unbranched alkanes of at least 4 members (excludes halogenated alkanes) is 2. The zero-order chi connectivity index (χ0) is 15.6. The second-order valence-corrected chi connectivity index (χ2v) is 15.3. The molecule has 2 heterocycles. The Kier molecular flexibility index (Phi) is 9.10. The SMILES string of the molecule is CCCC/C=C/[Si]1(C)CCCCO1.C[Si]1(C)CCCCO1. The fraction of sp³-hybridized carbons (Fsp3) is 0.882. The van der Waals surface area contributed by atoms with Gasteiger partial charge in [-0.3, -0.25) is 0 Å². The molecule has 0 N–H and O–H groups in total. The van der Waals surface area contributed by atoms with E-state index in [2.05, 4.69) is 38.3 Å². The van der Waals surface area contributed by atoms with Gasteiger partial charge in [-0.25, -0.2) is 0 Å². The van der Waals surface area contributed by atoms with Crippen LogP contribution in [0.3, 0.4) is 0 Å². The Bertz CT molecular complexity index is 289. The lowest BCUT2D eigenvalue weighted by atomic mass is 10.2. The lowest BCUT2D eigenvalue weighted by molar-refractivity contribution is 0.275. The van der Waals surface area contributed by atoms with Crippen LogP contribution in [0, 0.1) is 0 Å². The van der Waals surface area contributed by atoms with Crippen LogP contribution in [0.1, 0.15) is 51.9 Å². The third-order valence-corrected chi connectivity index (χ3v) is 10.1. The summed E-state index contributed by atoms with van der Waals surface area (Å²) in [6.45, 7) is 11.2. The molecule has 2 rings (SSSR count). The molecule has 124 valence electrons. The third-order valence-electron chi connectivity index (χ3n) is 4.36. The quantitative estimate of drug-likeness (QED) is 0.489. The first-order valence-electron chi connectivity index (χ1n) is 8.93. The maximum atomic E-state index is 5.90. The number of hydrogen-bond donors (Lipinski definition) is 0. The van der Waals surface area contributed by atoms with E-state index in [1.165, 1.54) is 57.0 Å². The largest absolute Gasteiger partial charge is 0.417 e. The van der Waals surface area contributed by atoms with Crippen LogP contribution in [0.4, 0.5) is 0 Å². The van der Waals surface area contributed by atoms with Crippen LogP contribution in [0.5, 0.6) is 0 Å². The highest BCUT2D eigenvalue weighted by Gasteiger charge is 2.27. The molecule has 0 aromatic heterocycles. The highest BCUT2D eigenvalue weighted by atomic mass is 28.4. The predicted octanol–water partition coefficient (Wildman–Crippen LogP) is 5.66. The predicted molar refractivity (Wildman–Crippen MR) is 97.8 cm³/mol. The summed E-state index contributed by atoms with van der Waals surface area (Å²) < 4.78 is 11.5. The van der Waals surface area contributed by atoms with Crippen LogP contribution in [0.25, 0.3) is 0 Å². The normalized spacial score (nSPS) is 29.0. The van der Waals surface area contributed by atoms with Crippen LogP contribution in [0.15, 0.2) is 11.8 Å². The zero-order valence-corrected chi connectivity index (χ0v) is 16.7. The molecule has 0 saturated carbocycles. The Labute approximate surface area is 134 Å². The van der Waals surface area contributed by atoms with Crippen LogP contribution in [-0.4, -0.2) is 29.8 Å². The molecule has 0 spiro atoms. The maximum Gasteiger partial charge on any atom is 0.213 e. The highest BCUT2D eigenvalue weighted by molar-refractivity contribution is 6.77. The van der Waals surface area contributed by atoms with Gasteiger partial charge in [-0.2, -0.15) is 0 Å². The third kappa shape index (κ3) is 8.96. The van der Waals surface area contributed by atoms with Gasteiger partial charge in [-0.15, -0.1) is 0 Å². The molecule has 2 saturated heterocycles. The Hall–Kier alpha value is 0.0938. The highest BCUT2D eigenvalue weighted by Crippen LogP contribution is 2.23. The minimum Gasteiger partial charge on any atom is -0.417 e. The average molecular weight is 329 g/mol. The Morgan fingerprint density at radius 2 is 1.57 bits per heavy atom. The molecule has 0 aliphatic carbocycles. The van der Waals surface area contributed by atoms with Gasteiger partial charge in [-0.1, -0.05) is 44.4 Å². The molecule has 2 aliphatic heterocycles. The monoisotopic (exact) mass is 328 g/mol. The summed E-state index contributed by atoms with van der Waals surface area (Å²) in [6.07, 6.45) is 11.5. The van der Waals surface area contributed by atoms with E-state index >= 15 is 0 Å². The van der Waals surface area contributed by atoms with Crippen molar-refractivity contribution >= 4 is 16.6 Å². The van der Waals surface area contributed by atoms with Crippen LogP contribution in [0.2, 0.25) is 31.7 Å². The van der Waals surface area contributed by atoms with Gasteiger partial charge in [0, 0.05) is 13.2 Å². The molecule has 2 nitrogen and oxygen atoms in total. The summed E-state index contributed by atoms with van der Waals surface area (Å²) in [5, 5.41) is 0. The molecule has 21 heavy (non-hydrogen) atoms. The van der Waals surface area contributed by atoms with Crippen molar-refractivity contribution in [2.75, 3.05) is 13.2 Å². The Morgan fingerprint density at radius 3 is 2.00 bits per heavy atom. The molecular weight excluding hydrogens is 292 g/mol. The molecule has 1 unspecified atom stereocenters. The van der Waals surface area contributed by atoms with Gasteiger partial charge >= 0.3 is 0 Å². The van der Waals surface area contributed by atoms with E-state index in [-0.39, 0.29) is 0 Å². The molecule has 0 radical (unpaired) electrons. The second kappa shape index (κ2) is 9.98. The van der Waals surface area contributed by atoms with Gasteiger partial charge in [-0.05, 0) is 51.0 Å². The van der Waals surface area contributed by atoms with Gasteiger partial charge in [0.05, 0.1) is 0 Å². The Balaban J connectivity index is 0.000000235. The van der Waals surface area contributed by atoms with E-state index in [1.54, 1.807) is 0 Å². The molecule has 2 fully saturated rings. The first kappa shape index (κ1) is 19.1. The number of rotatable bonds is 4. The molecule has 0 aromatic carbocycles. The average Bonchev–Trinajstić information content (AvgIpc) is 2.45. The van der Waals surface area contributed by atoms with Crippen molar-refractivity contribution in [2.24, 2.45) is 0 Å². The Morgan fingerprint density at radius 1 is 0.905 bits per heavy atom. The zero-order valence-electron chi connectivity index (χ0n) is 14.7. The summed E-state index contributed by atoms with van der Waals surface area (Å²) in [5.41, 5.74) is 2.40. The van der Waals surface area contributed by atoms with Crippen molar-refractivity contribution in [3.05, 3.63) is 11.8 Å². The second-order valence-electron chi connectivity index (χ2n) is 7.23. The van der Waals surface area contributed by atoms with Gasteiger partial charge in [0.15, 0.2) is 8.32 Å². The molecule has 0 amide bonds. The minimum atomic E-state index is -1.37. The summed E-state index contributed by atoms with van der Waals surface area (Å²) >= 11 is 0. The van der Waals surface area contributed by atoms with E-state index in [1.807, 2.05) is 0 Å². The maximum absolute atomic E-state index is 5.90. The van der Waals surface area contributed by atoms with Crippen molar-refractivity contribution in [2.45, 2.75) is 83.6 Å². The van der Waals surface area contributed by atoms with E-state index < -0.39 is 16.6 Å². The van der Waals surface area contributed by atoms with E-state index in [4.69, 9.17) is 8.85 Å². The number of allylic oxidation sites excluding steroid dienone is 1. The van der Waals surface area contributed by atoms with Gasteiger partial charge in [0.1, 0.15) is 0 Å². The van der Waals surface area contributed by atoms with Gasteiger partial charge in [0.2, 0.25) is 8.32 Å². The van der Waals surface area contributed by atoms with Gasteiger partial charge < -0.3 is 8.85 Å². The van der Waals surface area contributed by atoms with Crippen molar-refractivity contribution in [3.63, 3.8) is 0 Å². The fourth-order valence-corrected chi connectivity index (χ4v) is 7.39. The summed E-state index contributed by atoms with van der Waals surface area (Å²) in [6, 6.07) is 2.70. The van der Waals surface area contributed by atoms with Crippen molar-refractivity contribution in [3.8, 4) is 0 Å². The molecule has 0 aromatic rings. The van der Waals surface area contributed by atoms with E-state index in [9.17, 15) is 0 Å². The lowest BCUT2D eigenvalue weighted by Gasteiger charge is -2.28. The summed E-state index contributed by atoms with van der Waals surface area (Å²) in [5.74, 6) is 0. The van der Waals surface area contributed by atoms with Crippen LogP contribution in [-0.2, 0) is 8.85 Å². The molecule has 2 aliphatic rings. The van der Waals surface area contributed by atoms with E-state index in [0.29, 0.717) is 0 Å². The topological polar surface area (TPSA) is 18.5 Å². The fourth-order valence-electron chi connectivity index (χ4n) is 2.82. The molecular formula is C17H36O2Si2. The first-order valence-corrected chi connectivity index (χ1v) is 14.7. The number of hydrogen-bond acceptors (Lipinski definition) is 2. The van der Waals surface area contributed by atoms with E-state index in [0.717, 1.165) is 13.2 Å². The molecule has 0 bridgehead atoms. The first-order chi connectivity index (χ1) is 9.97. The van der Waals surface area contributed by atoms with Gasteiger partial charge in [0.25, 0.3) is 0 Å². The van der Waals surface area contributed by atoms with Crippen molar-refractivity contribution in [1.82, 2.24) is 0 Å². The van der Waals surface area contributed by atoms with Crippen LogP contribution >= 0.6 is 0 Å². The minimum absolute atomic E-state index is 1.00. The smallest absolute Gasteiger partial charge is 0.213 e. The van der Waals surface area contributed by atoms with Crippen molar-refractivity contribution in [1.29, 1.82) is 0 Å².